The summed E-state index contributed by atoms with van der Waals surface area (Å²) in [7, 11) is 1.50. The smallest absolute Gasteiger partial charge is 0.259 e. The van der Waals surface area contributed by atoms with E-state index in [1.165, 1.54) is 25.4 Å². The zero-order valence-corrected chi connectivity index (χ0v) is 12.6. The normalized spacial score (nSPS) is 10.2. The predicted octanol–water partition coefficient (Wildman–Crippen LogP) is 3.12. The Bertz CT molecular complexity index is 659. The van der Waals surface area contributed by atoms with Gasteiger partial charge in [0.1, 0.15) is 16.1 Å². The van der Waals surface area contributed by atoms with Crippen LogP contribution in [0.2, 0.25) is 0 Å². The Labute approximate surface area is 124 Å². The van der Waals surface area contributed by atoms with Gasteiger partial charge in [-0.05, 0) is 52.7 Å². The Kier molecular flexibility index (Phi) is 4.24. The monoisotopic (exact) mass is 336 g/mol. The minimum atomic E-state index is -0.426. The zero-order chi connectivity index (χ0) is 14.7. The molecule has 0 aliphatic rings. The molecule has 0 saturated carbocycles. The van der Waals surface area contributed by atoms with Crippen molar-refractivity contribution in [2.75, 3.05) is 12.4 Å². The number of methoxy groups -OCH3 is 1. The summed E-state index contributed by atoms with van der Waals surface area (Å²) in [5.41, 5.74) is 1.60. The number of hydrogen-bond acceptors (Lipinski definition) is 4. The number of aromatic hydroxyl groups is 1. The van der Waals surface area contributed by atoms with Gasteiger partial charge < -0.3 is 15.2 Å². The fraction of sp³-hybridized carbons (Fsp3) is 0.143. The molecule has 0 unspecified atom stereocenters. The molecule has 0 radical (unpaired) electrons. The van der Waals surface area contributed by atoms with Gasteiger partial charge in [0.25, 0.3) is 5.91 Å². The van der Waals surface area contributed by atoms with E-state index in [1.54, 1.807) is 12.1 Å². The van der Waals surface area contributed by atoms with Crippen LogP contribution < -0.4 is 10.1 Å². The predicted molar refractivity (Wildman–Crippen MR) is 79.3 cm³/mol. The first-order valence-electron chi connectivity index (χ1n) is 5.81. The fourth-order valence-corrected chi connectivity index (χ4v) is 1.87. The number of hydrogen-bond donors (Lipinski definition) is 2. The Morgan fingerprint density at radius 3 is 2.80 bits per heavy atom. The summed E-state index contributed by atoms with van der Waals surface area (Å²) < 4.78 is 5.76. The average Bonchev–Trinajstić information content (AvgIpc) is 2.43. The van der Waals surface area contributed by atoms with E-state index in [0.29, 0.717) is 11.4 Å². The van der Waals surface area contributed by atoms with E-state index in [-0.39, 0.29) is 11.3 Å². The number of rotatable bonds is 3. The van der Waals surface area contributed by atoms with Crippen molar-refractivity contribution in [1.29, 1.82) is 0 Å². The van der Waals surface area contributed by atoms with Gasteiger partial charge in [0.2, 0.25) is 0 Å². The van der Waals surface area contributed by atoms with E-state index in [4.69, 9.17) is 4.74 Å². The molecule has 1 aromatic carbocycles. The lowest BCUT2D eigenvalue weighted by Crippen LogP contribution is -2.12. The number of carbonyl (C=O) groups is 1. The fourth-order valence-electron chi connectivity index (χ4n) is 1.65. The van der Waals surface area contributed by atoms with Crippen LogP contribution in [0.5, 0.6) is 11.5 Å². The first-order chi connectivity index (χ1) is 9.51. The topological polar surface area (TPSA) is 71.5 Å². The number of ether oxygens (including phenoxy) is 1. The van der Waals surface area contributed by atoms with Crippen LogP contribution >= 0.6 is 15.9 Å². The number of amides is 1. The highest BCUT2D eigenvalue weighted by molar-refractivity contribution is 9.10. The molecule has 0 spiro atoms. The Morgan fingerprint density at radius 1 is 1.40 bits per heavy atom. The number of nitrogens with zero attached hydrogens (tertiary/aromatic N) is 1. The second-order valence-corrected chi connectivity index (χ2v) is 4.92. The molecule has 0 saturated heterocycles. The van der Waals surface area contributed by atoms with Gasteiger partial charge >= 0.3 is 0 Å². The van der Waals surface area contributed by atoms with Gasteiger partial charge in [-0.3, -0.25) is 4.79 Å². The lowest BCUT2D eigenvalue weighted by Gasteiger charge is -2.09. The molecule has 1 aromatic heterocycles. The van der Waals surface area contributed by atoms with Gasteiger partial charge in [0.05, 0.1) is 24.6 Å². The van der Waals surface area contributed by atoms with Crippen LogP contribution in [0.4, 0.5) is 5.69 Å². The van der Waals surface area contributed by atoms with Crippen LogP contribution in [0.15, 0.2) is 35.1 Å². The van der Waals surface area contributed by atoms with E-state index >= 15 is 0 Å². The number of phenolic OH excluding ortho intramolecular Hbond substituents is 1. The maximum Gasteiger partial charge on any atom is 0.259 e. The molecular formula is C14H13BrN2O3. The van der Waals surface area contributed by atoms with Gasteiger partial charge in [-0.15, -0.1) is 0 Å². The highest BCUT2D eigenvalue weighted by Crippen LogP contribution is 2.24. The molecular weight excluding hydrogens is 324 g/mol. The number of carbonyl (C=O) groups excluding carboxylic acids is 1. The molecule has 2 N–H and O–H groups in total. The number of anilines is 1. The number of phenols is 1. The average molecular weight is 337 g/mol. The number of aryl methyl sites for hydroxylation is 1. The number of benzene rings is 1. The summed E-state index contributed by atoms with van der Waals surface area (Å²) in [5, 5.41) is 12.4. The molecule has 1 heterocycles. The van der Waals surface area contributed by atoms with Crippen LogP contribution in [0.25, 0.3) is 0 Å². The first kappa shape index (κ1) is 14.3. The molecule has 20 heavy (non-hydrogen) atoms. The van der Waals surface area contributed by atoms with E-state index < -0.39 is 5.91 Å². The molecule has 2 rings (SSSR count). The van der Waals surface area contributed by atoms with Crippen LogP contribution in [-0.4, -0.2) is 23.1 Å². The lowest BCUT2D eigenvalue weighted by molar-refractivity contribution is 0.102. The highest BCUT2D eigenvalue weighted by atomic mass is 79.9. The Morgan fingerprint density at radius 2 is 2.15 bits per heavy atom. The zero-order valence-electron chi connectivity index (χ0n) is 11.0. The van der Waals surface area contributed by atoms with Crippen molar-refractivity contribution < 1.29 is 14.6 Å². The third kappa shape index (κ3) is 3.08. The van der Waals surface area contributed by atoms with Gasteiger partial charge in [0, 0.05) is 0 Å². The highest BCUT2D eigenvalue weighted by Gasteiger charge is 2.13. The molecule has 1 amide bonds. The minimum absolute atomic E-state index is 0.106. The largest absolute Gasteiger partial charge is 0.507 e. The van der Waals surface area contributed by atoms with Crippen molar-refractivity contribution in [3.8, 4) is 11.5 Å². The van der Waals surface area contributed by atoms with Crippen LogP contribution in [0.3, 0.4) is 0 Å². The summed E-state index contributed by atoms with van der Waals surface area (Å²) in [5.74, 6) is -0.0342. The molecule has 0 fully saturated rings. The standard InChI is InChI=1S/C14H13BrN2O3/c1-8-5-9(7-16-13(8)15)17-14(19)11-6-10(20-2)3-4-12(11)18/h3-7,18H,1-2H3,(H,17,19). The first-order valence-corrected chi connectivity index (χ1v) is 6.61. The van der Waals surface area contributed by atoms with E-state index in [2.05, 4.69) is 26.2 Å². The van der Waals surface area contributed by atoms with Gasteiger partial charge in [-0.25, -0.2) is 4.98 Å². The van der Waals surface area contributed by atoms with E-state index in [0.717, 1.165) is 10.2 Å². The van der Waals surface area contributed by atoms with Crippen LogP contribution in [0.1, 0.15) is 15.9 Å². The van der Waals surface area contributed by atoms with Gasteiger partial charge in [-0.1, -0.05) is 0 Å². The molecule has 0 aliphatic carbocycles. The van der Waals surface area contributed by atoms with Crippen LogP contribution in [-0.2, 0) is 0 Å². The summed E-state index contributed by atoms with van der Waals surface area (Å²) in [6.07, 6.45) is 1.53. The third-order valence-electron chi connectivity index (χ3n) is 2.72. The van der Waals surface area contributed by atoms with Crippen molar-refractivity contribution >= 4 is 27.5 Å². The Hall–Kier alpha value is -2.08. The molecule has 5 nitrogen and oxygen atoms in total. The molecule has 104 valence electrons. The van der Waals surface area contributed by atoms with Crippen molar-refractivity contribution in [3.63, 3.8) is 0 Å². The number of nitrogens with one attached hydrogen (secondary N) is 1. The van der Waals surface area contributed by atoms with Crippen molar-refractivity contribution in [1.82, 2.24) is 4.98 Å². The minimum Gasteiger partial charge on any atom is -0.507 e. The van der Waals surface area contributed by atoms with Gasteiger partial charge in [0.15, 0.2) is 0 Å². The summed E-state index contributed by atoms with van der Waals surface area (Å²) in [6, 6.07) is 6.26. The molecule has 0 bridgehead atoms. The van der Waals surface area contributed by atoms with Crippen molar-refractivity contribution in [2.45, 2.75) is 6.92 Å². The number of aromatic nitrogens is 1. The SMILES string of the molecule is COc1ccc(O)c(C(=O)Nc2cnc(Br)c(C)c2)c1. The second kappa shape index (κ2) is 5.92. The second-order valence-electron chi connectivity index (χ2n) is 4.17. The maximum atomic E-state index is 12.1. The van der Waals surface area contributed by atoms with E-state index in [1.807, 2.05) is 6.92 Å². The van der Waals surface area contributed by atoms with Crippen molar-refractivity contribution in [2.24, 2.45) is 0 Å². The molecule has 0 atom stereocenters. The summed E-state index contributed by atoms with van der Waals surface area (Å²) in [6.45, 7) is 1.87. The summed E-state index contributed by atoms with van der Waals surface area (Å²) in [4.78, 5) is 16.2. The maximum absolute atomic E-state index is 12.1. The van der Waals surface area contributed by atoms with Crippen molar-refractivity contribution in [3.05, 3.63) is 46.2 Å². The number of halogens is 1. The lowest BCUT2D eigenvalue weighted by atomic mass is 10.1. The van der Waals surface area contributed by atoms with Gasteiger partial charge in [-0.2, -0.15) is 0 Å². The number of pyridine rings is 1. The Balaban J connectivity index is 2.25. The van der Waals surface area contributed by atoms with E-state index in [9.17, 15) is 9.90 Å². The molecule has 2 aromatic rings. The summed E-state index contributed by atoms with van der Waals surface area (Å²) >= 11 is 3.29. The molecule has 6 heteroatoms. The third-order valence-corrected chi connectivity index (χ3v) is 3.55. The quantitative estimate of drug-likeness (QED) is 0.844. The molecule has 0 aliphatic heterocycles. The van der Waals surface area contributed by atoms with Crippen LogP contribution in [0, 0.1) is 6.92 Å².